The standard InChI is InChI=1S/C16H13F3N6S/c1-3-26-10-4-5-12(21)24-13(10)15-23-8-6-11(16(17,18)19)22-9(7-20)14(8)25(15)2/h4-6H,3H2,1-2H3,(H2,21,24). The lowest BCUT2D eigenvalue weighted by molar-refractivity contribution is -0.141. The first-order chi connectivity index (χ1) is 12.3. The molecule has 0 spiro atoms. The predicted octanol–water partition coefficient (Wildman–Crippen LogP) is 3.61. The summed E-state index contributed by atoms with van der Waals surface area (Å²) in [4.78, 5) is 12.8. The van der Waals surface area contributed by atoms with Gasteiger partial charge in [0.2, 0.25) is 0 Å². The highest BCUT2D eigenvalue weighted by Crippen LogP contribution is 2.35. The number of hydrogen-bond acceptors (Lipinski definition) is 6. The van der Waals surface area contributed by atoms with Gasteiger partial charge in [-0.2, -0.15) is 18.4 Å². The van der Waals surface area contributed by atoms with Gasteiger partial charge in [-0.25, -0.2) is 15.0 Å². The van der Waals surface area contributed by atoms with E-state index in [1.54, 1.807) is 25.2 Å². The van der Waals surface area contributed by atoms with E-state index in [0.29, 0.717) is 11.5 Å². The van der Waals surface area contributed by atoms with Gasteiger partial charge in [-0.05, 0) is 24.0 Å². The predicted molar refractivity (Wildman–Crippen MR) is 92.3 cm³/mol. The molecule has 26 heavy (non-hydrogen) atoms. The fourth-order valence-corrected chi connectivity index (χ4v) is 3.31. The molecule has 3 heterocycles. The van der Waals surface area contributed by atoms with Gasteiger partial charge in [0.25, 0.3) is 0 Å². The minimum atomic E-state index is -4.67. The van der Waals surface area contributed by atoms with E-state index in [4.69, 9.17) is 5.73 Å². The van der Waals surface area contributed by atoms with Crippen LogP contribution < -0.4 is 5.73 Å². The molecule has 0 amide bonds. The summed E-state index contributed by atoms with van der Waals surface area (Å²) >= 11 is 1.51. The number of thioether (sulfide) groups is 1. The molecule has 6 nitrogen and oxygen atoms in total. The van der Waals surface area contributed by atoms with Crippen molar-refractivity contribution < 1.29 is 13.2 Å². The largest absolute Gasteiger partial charge is 0.433 e. The monoisotopic (exact) mass is 378 g/mol. The maximum atomic E-state index is 13.0. The highest BCUT2D eigenvalue weighted by Gasteiger charge is 2.34. The third-order valence-corrected chi connectivity index (χ3v) is 4.57. The number of aromatic nitrogens is 4. The number of imidazole rings is 1. The second kappa shape index (κ2) is 6.49. The molecule has 0 saturated carbocycles. The molecule has 0 fully saturated rings. The molecule has 2 N–H and O–H groups in total. The third-order valence-electron chi connectivity index (χ3n) is 3.64. The van der Waals surface area contributed by atoms with E-state index in [9.17, 15) is 18.4 Å². The second-order valence-electron chi connectivity index (χ2n) is 5.34. The Balaban J connectivity index is 2.32. The minimum Gasteiger partial charge on any atom is -0.384 e. The summed E-state index contributed by atoms with van der Waals surface area (Å²) < 4.78 is 40.6. The molecule has 10 heteroatoms. The van der Waals surface area contributed by atoms with E-state index in [1.807, 2.05) is 6.92 Å². The summed E-state index contributed by atoms with van der Waals surface area (Å²) in [6.07, 6.45) is -4.67. The smallest absolute Gasteiger partial charge is 0.384 e. The van der Waals surface area contributed by atoms with E-state index in [0.717, 1.165) is 16.7 Å². The number of hydrogen-bond donors (Lipinski definition) is 1. The van der Waals surface area contributed by atoms with Gasteiger partial charge in [0.1, 0.15) is 28.8 Å². The topological polar surface area (TPSA) is 93.4 Å². The second-order valence-corrected chi connectivity index (χ2v) is 6.65. The van der Waals surface area contributed by atoms with Crippen LogP contribution in [0.1, 0.15) is 18.3 Å². The molecule has 134 valence electrons. The van der Waals surface area contributed by atoms with Gasteiger partial charge in [-0.15, -0.1) is 11.8 Å². The molecule has 0 atom stereocenters. The van der Waals surface area contributed by atoms with Gasteiger partial charge in [0.05, 0.1) is 5.52 Å². The van der Waals surface area contributed by atoms with Gasteiger partial charge < -0.3 is 10.3 Å². The maximum Gasteiger partial charge on any atom is 0.433 e. The first-order valence-electron chi connectivity index (χ1n) is 7.50. The van der Waals surface area contributed by atoms with Crippen LogP contribution in [0.25, 0.3) is 22.6 Å². The highest BCUT2D eigenvalue weighted by molar-refractivity contribution is 7.99. The molecule has 0 radical (unpaired) electrons. The van der Waals surface area contributed by atoms with Gasteiger partial charge in [-0.1, -0.05) is 6.92 Å². The molecule has 0 saturated heterocycles. The molecular weight excluding hydrogens is 365 g/mol. The molecule has 3 aromatic rings. The van der Waals surface area contributed by atoms with Crippen molar-refractivity contribution in [2.45, 2.75) is 18.0 Å². The van der Waals surface area contributed by atoms with Crippen molar-refractivity contribution in [3.63, 3.8) is 0 Å². The normalized spacial score (nSPS) is 11.7. The average Bonchev–Trinajstić information content (AvgIpc) is 2.92. The van der Waals surface area contributed by atoms with Gasteiger partial charge in [0.15, 0.2) is 11.5 Å². The van der Waals surface area contributed by atoms with E-state index in [1.165, 1.54) is 16.3 Å². The zero-order chi connectivity index (χ0) is 19.1. The van der Waals surface area contributed by atoms with Crippen LogP contribution in [0.4, 0.5) is 19.0 Å². The molecule has 0 aliphatic heterocycles. The quantitative estimate of drug-likeness (QED) is 0.700. The van der Waals surface area contributed by atoms with Crippen LogP contribution in [-0.4, -0.2) is 25.3 Å². The Morgan fingerprint density at radius 2 is 2.00 bits per heavy atom. The minimum absolute atomic E-state index is 0.0260. The summed E-state index contributed by atoms with van der Waals surface area (Å²) in [6, 6.07) is 5.98. The molecule has 0 unspecified atom stereocenters. The molecule has 0 aliphatic rings. The number of anilines is 1. The molecule has 3 rings (SSSR count). The summed E-state index contributed by atoms with van der Waals surface area (Å²) in [5, 5.41) is 9.25. The maximum absolute atomic E-state index is 13.0. The fraction of sp³-hybridized carbons (Fsp3) is 0.250. The van der Waals surface area contributed by atoms with E-state index in [2.05, 4.69) is 15.0 Å². The van der Waals surface area contributed by atoms with Crippen LogP contribution in [0.3, 0.4) is 0 Å². The zero-order valence-corrected chi connectivity index (χ0v) is 14.6. The Morgan fingerprint density at radius 3 is 2.62 bits per heavy atom. The van der Waals surface area contributed by atoms with Crippen LogP contribution >= 0.6 is 11.8 Å². The van der Waals surface area contributed by atoms with E-state index >= 15 is 0 Å². The number of pyridine rings is 2. The fourth-order valence-electron chi connectivity index (χ4n) is 2.56. The molecular formula is C16H13F3N6S. The van der Waals surface area contributed by atoms with Crippen molar-refractivity contribution in [3.05, 3.63) is 29.6 Å². The number of halogens is 3. The van der Waals surface area contributed by atoms with Crippen molar-refractivity contribution in [1.82, 2.24) is 19.5 Å². The van der Waals surface area contributed by atoms with Crippen molar-refractivity contribution >= 4 is 28.6 Å². The molecule has 3 aromatic heterocycles. The summed E-state index contributed by atoms with van der Waals surface area (Å²) in [6.45, 7) is 1.97. The lowest BCUT2D eigenvalue weighted by Crippen LogP contribution is -2.09. The van der Waals surface area contributed by atoms with Crippen LogP contribution in [0.5, 0.6) is 0 Å². The number of aryl methyl sites for hydroxylation is 1. The van der Waals surface area contributed by atoms with E-state index < -0.39 is 11.9 Å². The van der Waals surface area contributed by atoms with Crippen LogP contribution in [0.2, 0.25) is 0 Å². The Bertz CT molecular complexity index is 1040. The van der Waals surface area contributed by atoms with Gasteiger partial charge in [-0.3, -0.25) is 0 Å². The van der Waals surface area contributed by atoms with Crippen LogP contribution in [0.15, 0.2) is 23.1 Å². The van der Waals surface area contributed by atoms with Gasteiger partial charge in [0, 0.05) is 11.9 Å². The molecule has 0 bridgehead atoms. The highest BCUT2D eigenvalue weighted by atomic mass is 32.2. The lowest BCUT2D eigenvalue weighted by Gasteiger charge is -2.09. The Labute approximate surface area is 150 Å². The Kier molecular flexibility index (Phi) is 4.50. The van der Waals surface area contributed by atoms with Crippen molar-refractivity contribution in [3.8, 4) is 17.6 Å². The first kappa shape index (κ1) is 18.0. The van der Waals surface area contributed by atoms with Crippen LogP contribution in [0, 0.1) is 11.3 Å². The average molecular weight is 378 g/mol. The number of nitrogens with two attached hydrogens (primary N) is 1. The number of nitriles is 1. The molecule has 0 aliphatic carbocycles. The molecule has 0 aromatic carbocycles. The number of alkyl halides is 3. The lowest BCUT2D eigenvalue weighted by atomic mass is 10.2. The Hall–Kier alpha value is -2.80. The Morgan fingerprint density at radius 1 is 1.27 bits per heavy atom. The van der Waals surface area contributed by atoms with Crippen molar-refractivity contribution in [2.24, 2.45) is 7.05 Å². The summed E-state index contributed by atoms with van der Waals surface area (Å²) in [5.74, 6) is 1.36. The van der Waals surface area contributed by atoms with Gasteiger partial charge >= 0.3 is 6.18 Å². The third kappa shape index (κ3) is 3.06. The number of fused-ring (bicyclic) bond motifs is 1. The van der Waals surface area contributed by atoms with Crippen molar-refractivity contribution in [1.29, 1.82) is 5.26 Å². The summed E-state index contributed by atoms with van der Waals surface area (Å²) in [7, 11) is 1.60. The first-order valence-corrected chi connectivity index (χ1v) is 8.49. The zero-order valence-electron chi connectivity index (χ0n) is 13.8. The van der Waals surface area contributed by atoms with E-state index in [-0.39, 0.29) is 22.5 Å². The number of rotatable bonds is 3. The number of nitrogens with zero attached hydrogens (tertiary/aromatic N) is 5. The van der Waals surface area contributed by atoms with Crippen LogP contribution in [-0.2, 0) is 13.2 Å². The number of nitrogen functional groups attached to an aromatic ring is 1. The van der Waals surface area contributed by atoms with Crippen molar-refractivity contribution in [2.75, 3.05) is 11.5 Å². The summed E-state index contributed by atoms with van der Waals surface area (Å²) in [5.41, 5.74) is 4.96. The SMILES string of the molecule is CCSc1ccc(N)nc1-c1nc2cc(C(F)(F)F)nc(C#N)c2n1C.